The molecule has 0 saturated heterocycles. The molecule has 1 aromatic rings. The van der Waals surface area contributed by atoms with Gasteiger partial charge in [-0.25, -0.2) is 4.39 Å². The van der Waals surface area contributed by atoms with E-state index in [0.29, 0.717) is 18.7 Å². The van der Waals surface area contributed by atoms with E-state index >= 15 is 0 Å². The molecule has 0 fully saturated rings. The van der Waals surface area contributed by atoms with Crippen molar-refractivity contribution in [2.24, 2.45) is 0 Å². The molecular weight excluding hydrogens is 193 g/mol. The van der Waals surface area contributed by atoms with Gasteiger partial charge in [-0.3, -0.25) is 0 Å². The van der Waals surface area contributed by atoms with Gasteiger partial charge in [-0.2, -0.15) is 0 Å². The summed E-state index contributed by atoms with van der Waals surface area (Å²) in [6.45, 7) is 6.25. The summed E-state index contributed by atoms with van der Waals surface area (Å²) in [7, 11) is 0. The predicted octanol–water partition coefficient (Wildman–Crippen LogP) is 1.99. The number of hydrogen-bond acceptors (Lipinski definition) is 2. The molecule has 0 saturated carbocycles. The van der Waals surface area contributed by atoms with Crippen LogP contribution in [-0.2, 0) is 6.54 Å². The van der Waals surface area contributed by atoms with Gasteiger partial charge in [0.15, 0.2) is 0 Å². The molecule has 0 aliphatic rings. The van der Waals surface area contributed by atoms with Crippen LogP contribution in [0.4, 0.5) is 4.39 Å². The largest absolute Gasteiger partial charge is 0.389 e. The molecule has 0 amide bonds. The highest BCUT2D eigenvalue weighted by atomic mass is 19.1. The van der Waals surface area contributed by atoms with Gasteiger partial charge in [0.25, 0.3) is 0 Å². The van der Waals surface area contributed by atoms with Gasteiger partial charge in [-0.15, -0.1) is 0 Å². The highest BCUT2D eigenvalue weighted by Crippen LogP contribution is 2.10. The maximum absolute atomic E-state index is 13.3. The van der Waals surface area contributed by atoms with Crippen LogP contribution < -0.4 is 5.32 Å². The van der Waals surface area contributed by atoms with Crippen molar-refractivity contribution in [2.45, 2.75) is 32.9 Å². The van der Waals surface area contributed by atoms with Gasteiger partial charge >= 0.3 is 0 Å². The van der Waals surface area contributed by atoms with E-state index in [9.17, 15) is 9.50 Å². The molecule has 0 radical (unpaired) electrons. The SMILES string of the molecule is Cc1ccc(F)c(CNCC(C)(C)O)c1. The Morgan fingerprint density at radius 2 is 2.07 bits per heavy atom. The summed E-state index contributed by atoms with van der Waals surface area (Å²) in [6.07, 6.45) is 0. The van der Waals surface area contributed by atoms with Crippen molar-refractivity contribution in [3.05, 3.63) is 35.1 Å². The first-order valence-electron chi connectivity index (χ1n) is 5.06. The Balaban J connectivity index is 2.54. The van der Waals surface area contributed by atoms with Crippen LogP contribution in [0, 0.1) is 12.7 Å². The minimum atomic E-state index is -0.764. The monoisotopic (exact) mass is 211 g/mol. The average Bonchev–Trinajstić information content (AvgIpc) is 2.09. The maximum atomic E-state index is 13.3. The normalized spacial score (nSPS) is 11.8. The average molecular weight is 211 g/mol. The quantitative estimate of drug-likeness (QED) is 0.798. The maximum Gasteiger partial charge on any atom is 0.127 e. The van der Waals surface area contributed by atoms with Crippen molar-refractivity contribution in [1.82, 2.24) is 5.32 Å². The molecule has 0 aromatic heterocycles. The van der Waals surface area contributed by atoms with Crippen LogP contribution in [0.5, 0.6) is 0 Å². The van der Waals surface area contributed by atoms with Gasteiger partial charge in [0.1, 0.15) is 5.82 Å². The topological polar surface area (TPSA) is 32.3 Å². The minimum absolute atomic E-state index is 0.205. The van der Waals surface area contributed by atoms with E-state index in [1.54, 1.807) is 19.9 Å². The van der Waals surface area contributed by atoms with Crippen molar-refractivity contribution in [2.75, 3.05) is 6.54 Å². The molecule has 84 valence electrons. The highest BCUT2D eigenvalue weighted by molar-refractivity contribution is 5.23. The van der Waals surface area contributed by atoms with Crippen molar-refractivity contribution in [1.29, 1.82) is 0 Å². The summed E-state index contributed by atoms with van der Waals surface area (Å²) < 4.78 is 13.3. The van der Waals surface area contributed by atoms with Gasteiger partial charge < -0.3 is 10.4 Å². The van der Waals surface area contributed by atoms with Crippen molar-refractivity contribution < 1.29 is 9.50 Å². The lowest BCUT2D eigenvalue weighted by atomic mass is 10.1. The summed E-state index contributed by atoms with van der Waals surface area (Å²) >= 11 is 0. The molecule has 0 heterocycles. The first kappa shape index (κ1) is 12.1. The van der Waals surface area contributed by atoms with Crippen LogP contribution in [0.2, 0.25) is 0 Å². The van der Waals surface area contributed by atoms with Crippen LogP contribution in [0.15, 0.2) is 18.2 Å². The second-order valence-electron chi connectivity index (χ2n) is 4.51. The zero-order valence-electron chi connectivity index (χ0n) is 9.47. The van der Waals surface area contributed by atoms with Crippen molar-refractivity contribution in [3.8, 4) is 0 Å². The molecule has 0 unspecified atom stereocenters. The molecule has 3 heteroatoms. The number of aliphatic hydroxyl groups is 1. The Kier molecular flexibility index (Phi) is 3.83. The van der Waals surface area contributed by atoms with E-state index in [1.165, 1.54) is 6.07 Å². The molecule has 0 aliphatic carbocycles. The summed E-state index contributed by atoms with van der Waals surface area (Å²) in [4.78, 5) is 0. The molecule has 0 aliphatic heterocycles. The lowest BCUT2D eigenvalue weighted by Gasteiger charge is -2.17. The van der Waals surface area contributed by atoms with Crippen LogP contribution in [-0.4, -0.2) is 17.3 Å². The molecule has 0 bridgehead atoms. The molecular formula is C12H18FNO. The van der Waals surface area contributed by atoms with E-state index in [0.717, 1.165) is 5.56 Å². The van der Waals surface area contributed by atoms with E-state index < -0.39 is 5.60 Å². The third-order valence-electron chi connectivity index (χ3n) is 2.07. The van der Waals surface area contributed by atoms with Crippen LogP contribution in [0.25, 0.3) is 0 Å². The summed E-state index contributed by atoms with van der Waals surface area (Å²) in [5.74, 6) is -0.205. The fourth-order valence-electron chi connectivity index (χ4n) is 1.34. The van der Waals surface area contributed by atoms with Gasteiger partial charge in [0.05, 0.1) is 5.60 Å². The number of halogens is 1. The Bertz CT molecular complexity index is 331. The molecule has 0 atom stereocenters. The summed E-state index contributed by atoms with van der Waals surface area (Å²) in [5.41, 5.74) is 0.913. The van der Waals surface area contributed by atoms with Gasteiger partial charge in [0, 0.05) is 18.7 Å². The second kappa shape index (κ2) is 4.73. The van der Waals surface area contributed by atoms with Crippen LogP contribution in [0.1, 0.15) is 25.0 Å². The minimum Gasteiger partial charge on any atom is -0.389 e. The van der Waals surface area contributed by atoms with E-state index in [1.807, 2.05) is 13.0 Å². The van der Waals surface area contributed by atoms with E-state index in [4.69, 9.17) is 0 Å². The van der Waals surface area contributed by atoms with Crippen molar-refractivity contribution >= 4 is 0 Å². The number of hydrogen-bond donors (Lipinski definition) is 2. The number of aryl methyl sites for hydroxylation is 1. The summed E-state index contributed by atoms with van der Waals surface area (Å²) in [5, 5.41) is 12.5. The first-order valence-corrected chi connectivity index (χ1v) is 5.06. The lowest BCUT2D eigenvalue weighted by molar-refractivity contribution is 0.0794. The predicted molar refractivity (Wildman–Crippen MR) is 59.1 cm³/mol. The fourth-order valence-corrected chi connectivity index (χ4v) is 1.34. The van der Waals surface area contributed by atoms with E-state index in [-0.39, 0.29) is 5.82 Å². The highest BCUT2D eigenvalue weighted by Gasteiger charge is 2.11. The Labute approximate surface area is 90.1 Å². The molecule has 0 spiro atoms. The molecule has 2 N–H and O–H groups in total. The zero-order chi connectivity index (χ0) is 11.5. The third-order valence-corrected chi connectivity index (χ3v) is 2.07. The Morgan fingerprint density at radius 3 is 2.67 bits per heavy atom. The van der Waals surface area contributed by atoms with Gasteiger partial charge in [-0.1, -0.05) is 17.7 Å². The molecule has 15 heavy (non-hydrogen) atoms. The molecule has 1 aromatic carbocycles. The van der Waals surface area contributed by atoms with Crippen molar-refractivity contribution in [3.63, 3.8) is 0 Å². The Hall–Kier alpha value is -0.930. The Morgan fingerprint density at radius 1 is 1.40 bits per heavy atom. The fraction of sp³-hybridized carbons (Fsp3) is 0.500. The second-order valence-corrected chi connectivity index (χ2v) is 4.51. The van der Waals surface area contributed by atoms with Crippen LogP contribution >= 0.6 is 0 Å². The smallest absolute Gasteiger partial charge is 0.127 e. The number of rotatable bonds is 4. The van der Waals surface area contributed by atoms with Gasteiger partial charge in [0.2, 0.25) is 0 Å². The zero-order valence-corrected chi connectivity index (χ0v) is 9.47. The summed E-state index contributed by atoms with van der Waals surface area (Å²) in [6, 6.07) is 5.03. The number of benzene rings is 1. The third kappa shape index (κ3) is 4.40. The standard InChI is InChI=1S/C12H18FNO/c1-9-4-5-11(13)10(6-9)7-14-8-12(2,3)15/h4-6,14-15H,7-8H2,1-3H3. The lowest BCUT2D eigenvalue weighted by Crippen LogP contribution is -2.34. The van der Waals surface area contributed by atoms with Crippen LogP contribution in [0.3, 0.4) is 0 Å². The molecule has 1 rings (SSSR count). The number of nitrogens with one attached hydrogen (secondary N) is 1. The first-order chi connectivity index (χ1) is 6.88. The van der Waals surface area contributed by atoms with E-state index in [2.05, 4.69) is 5.32 Å². The molecule has 2 nitrogen and oxygen atoms in total. The van der Waals surface area contributed by atoms with Gasteiger partial charge in [-0.05, 0) is 26.8 Å².